The van der Waals surface area contributed by atoms with Crippen molar-refractivity contribution in [2.75, 3.05) is 6.61 Å². The monoisotopic (exact) mass is 294 g/mol. The molecule has 2 aromatic rings. The fourth-order valence-electron chi connectivity index (χ4n) is 2.77. The number of hydrogen-bond donors (Lipinski definition) is 2. The highest BCUT2D eigenvalue weighted by Gasteiger charge is 2.31. The summed E-state index contributed by atoms with van der Waals surface area (Å²) >= 11 is 1.41. The van der Waals surface area contributed by atoms with Crippen molar-refractivity contribution in [2.45, 2.75) is 31.7 Å². The third kappa shape index (κ3) is 1.94. The Morgan fingerprint density at radius 2 is 2.35 bits per heavy atom. The molecule has 2 heterocycles. The second-order valence-corrected chi connectivity index (χ2v) is 5.95. The highest BCUT2D eigenvalue weighted by molar-refractivity contribution is 7.18. The predicted octanol–water partition coefficient (Wildman–Crippen LogP) is 0.955. The van der Waals surface area contributed by atoms with Crippen LogP contribution in [0.3, 0.4) is 0 Å². The lowest BCUT2D eigenvalue weighted by Gasteiger charge is -2.18. The normalized spacial score (nSPS) is 18.1. The van der Waals surface area contributed by atoms with Crippen LogP contribution in [0.2, 0.25) is 0 Å². The Bertz CT molecular complexity index is 734. The largest absolute Gasteiger partial charge is 0.481 e. The number of carboxylic acid groups (broad SMARTS) is 1. The van der Waals surface area contributed by atoms with Crippen LogP contribution in [0.4, 0.5) is 0 Å². The SMILES string of the molecule is O=C(O)C1CCCc2sc3ncn(CCO)c(=O)c3c21. The molecule has 0 aromatic carbocycles. The van der Waals surface area contributed by atoms with E-state index < -0.39 is 11.9 Å². The van der Waals surface area contributed by atoms with Gasteiger partial charge in [-0.05, 0) is 24.8 Å². The number of aromatic nitrogens is 2. The van der Waals surface area contributed by atoms with E-state index in [1.54, 1.807) is 0 Å². The van der Waals surface area contributed by atoms with Gasteiger partial charge in [0.1, 0.15) is 4.83 Å². The van der Waals surface area contributed by atoms with Gasteiger partial charge in [-0.25, -0.2) is 4.98 Å². The number of carbonyl (C=O) groups is 1. The van der Waals surface area contributed by atoms with Crippen LogP contribution in [0.5, 0.6) is 0 Å². The zero-order valence-electron chi connectivity index (χ0n) is 10.7. The molecule has 0 bridgehead atoms. The van der Waals surface area contributed by atoms with E-state index in [4.69, 9.17) is 5.11 Å². The number of aliphatic hydroxyl groups excluding tert-OH is 1. The Kier molecular flexibility index (Phi) is 3.31. The van der Waals surface area contributed by atoms with Crippen LogP contribution in [0.15, 0.2) is 11.1 Å². The standard InChI is InChI=1S/C13H14N2O4S/c16-5-4-15-6-14-11-10(12(15)17)9-7(13(18)19)2-1-3-8(9)20-11/h6-7,16H,1-5H2,(H,18,19). The van der Waals surface area contributed by atoms with Gasteiger partial charge in [-0.2, -0.15) is 0 Å². The van der Waals surface area contributed by atoms with Crippen molar-refractivity contribution in [2.24, 2.45) is 0 Å². The molecular formula is C13H14N2O4S. The smallest absolute Gasteiger partial charge is 0.311 e. The average Bonchev–Trinajstić information content (AvgIpc) is 2.80. The van der Waals surface area contributed by atoms with Gasteiger partial charge in [0.25, 0.3) is 5.56 Å². The summed E-state index contributed by atoms with van der Waals surface area (Å²) in [7, 11) is 0. The minimum Gasteiger partial charge on any atom is -0.481 e. The van der Waals surface area contributed by atoms with Crippen molar-refractivity contribution in [3.8, 4) is 0 Å². The van der Waals surface area contributed by atoms with E-state index in [1.807, 2.05) is 0 Å². The summed E-state index contributed by atoms with van der Waals surface area (Å²) in [4.78, 5) is 29.7. The number of rotatable bonds is 3. The molecule has 106 valence electrons. The van der Waals surface area contributed by atoms with Gasteiger partial charge in [0, 0.05) is 4.88 Å². The van der Waals surface area contributed by atoms with E-state index in [2.05, 4.69) is 4.98 Å². The molecule has 2 aromatic heterocycles. The fraction of sp³-hybridized carbons (Fsp3) is 0.462. The molecule has 0 saturated heterocycles. The van der Waals surface area contributed by atoms with Gasteiger partial charge in [-0.3, -0.25) is 14.2 Å². The van der Waals surface area contributed by atoms with Gasteiger partial charge >= 0.3 is 5.97 Å². The molecule has 6 nitrogen and oxygen atoms in total. The predicted molar refractivity (Wildman–Crippen MR) is 74.3 cm³/mol. The number of aliphatic carboxylic acids is 1. The van der Waals surface area contributed by atoms with E-state index in [1.165, 1.54) is 22.2 Å². The molecule has 1 aliphatic rings. The first kappa shape index (κ1) is 13.3. The maximum atomic E-state index is 12.4. The van der Waals surface area contributed by atoms with Crippen molar-refractivity contribution < 1.29 is 15.0 Å². The van der Waals surface area contributed by atoms with Crippen LogP contribution in [0.1, 0.15) is 29.2 Å². The molecule has 0 radical (unpaired) electrons. The first-order valence-corrected chi connectivity index (χ1v) is 7.29. The highest BCUT2D eigenvalue weighted by Crippen LogP contribution is 2.40. The number of nitrogens with zero attached hydrogens (tertiary/aromatic N) is 2. The van der Waals surface area contributed by atoms with E-state index in [0.29, 0.717) is 22.2 Å². The van der Waals surface area contributed by atoms with Crippen LogP contribution in [-0.4, -0.2) is 32.3 Å². The Balaban J connectivity index is 2.29. The van der Waals surface area contributed by atoms with Gasteiger partial charge in [-0.1, -0.05) is 0 Å². The third-order valence-corrected chi connectivity index (χ3v) is 4.85. The number of thiophene rings is 1. The zero-order chi connectivity index (χ0) is 14.3. The maximum absolute atomic E-state index is 12.4. The highest BCUT2D eigenvalue weighted by atomic mass is 32.1. The first-order valence-electron chi connectivity index (χ1n) is 6.48. The van der Waals surface area contributed by atoms with Gasteiger partial charge in [-0.15, -0.1) is 11.3 Å². The topological polar surface area (TPSA) is 92.4 Å². The lowest BCUT2D eigenvalue weighted by atomic mass is 9.86. The minimum absolute atomic E-state index is 0.151. The Labute approximate surface area is 118 Å². The summed E-state index contributed by atoms with van der Waals surface area (Å²) in [5.74, 6) is -1.51. The molecule has 1 aliphatic carbocycles. The molecule has 20 heavy (non-hydrogen) atoms. The van der Waals surface area contributed by atoms with Crippen LogP contribution in [0, 0.1) is 0 Å². The number of fused-ring (bicyclic) bond motifs is 3. The molecule has 1 unspecified atom stereocenters. The molecule has 3 rings (SSSR count). The molecule has 1 atom stereocenters. The lowest BCUT2D eigenvalue weighted by molar-refractivity contribution is -0.139. The van der Waals surface area contributed by atoms with Crippen molar-refractivity contribution in [1.82, 2.24) is 9.55 Å². The molecule has 0 amide bonds. The number of aliphatic hydroxyl groups is 1. The lowest BCUT2D eigenvalue weighted by Crippen LogP contribution is -2.24. The van der Waals surface area contributed by atoms with Crippen LogP contribution < -0.4 is 5.56 Å². The van der Waals surface area contributed by atoms with Gasteiger partial charge in [0.2, 0.25) is 0 Å². The van der Waals surface area contributed by atoms with Gasteiger partial charge in [0.15, 0.2) is 0 Å². The number of hydrogen-bond acceptors (Lipinski definition) is 5. The summed E-state index contributed by atoms with van der Waals surface area (Å²) in [5.41, 5.74) is 0.392. The Morgan fingerprint density at radius 3 is 3.05 bits per heavy atom. The summed E-state index contributed by atoms with van der Waals surface area (Å²) in [5, 5.41) is 18.8. The third-order valence-electron chi connectivity index (χ3n) is 3.68. The van der Waals surface area contributed by atoms with Crippen molar-refractivity contribution in [3.05, 3.63) is 27.1 Å². The second-order valence-electron chi connectivity index (χ2n) is 4.87. The van der Waals surface area contributed by atoms with Gasteiger partial charge in [0.05, 0.1) is 30.8 Å². The molecule has 0 spiro atoms. The fourth-order valence-corrected chi connectivity index (χ4v) is 4.01. The number of carboxylic acids is 1. The number of aryl methyl sites for hydroxylation is 1. The summed E-state index contributed by atoms with van der Waals surface area (Å²) in [6.45, 7) is 0.0198. The van der Waals surface area contributed by atoms with E-state index in [0.717, 1.165) is 17.7 Å². The Morgan fingerprint density at radius 1 is 1.55 bits per heavy atom. The van der Waals surface area contributed by atoms with E-state index in [-0.39, 0.29) is 18.7 Å². The molecule has 2 N–H and O–H groups in total. The molecular weight excluding hydrogens is 280 g/mol. The average molecular weight is 294 g/mol. The zero-order valence-corrected chi connectivity index (χ0v) is 11.5. The second kappa shape index (κ2) is 4.99. The summed E-state index contributed by atoms with van der Waals surface area (Å²) in [6, 6.07) is 0. The first-order chi connectivity index (χ1) is 9.63. The van der Waals surface area contributed by atoms with Crippen LogP contribution in [0.25, 0.3) is 10.2 Å². The van der Waals surface area contributed by atoms with Crippen LogP contribution >= 0.6 is 11.3 Å². The van der Waals surface area contributed by atoms with Crippen LogP contribution in [-0.2, 0) is 17.8 Å². The summed E-state index contributed by atoms with van der Waals surface area (Å²) < 4.78 is 1.34. The van der Waals surface area contributed by atoms with Crippen molar-refractivity contribution in [3.63, 3.8) is 0 Å². The molecule has 0 fully saturated rings. The maximum Gasteiger partial charge on any atom is 0.311 e. The summed E-state index contributed by atoms with van der Waals surface area (Å²) in [6.07, 6.45) is 3.60. The van der Waals surface area contributed by atoms with Crippen molar-refractivity contribution >= 4 is 27.5 Å². The molecule has 0 saturated carbocycles. The van der Waals surface area contributed by atoms with Gasteiger partial charge < -0.3 is 10.2 Å². The Hall–Kier alpha value is -1.73. The molecule has 0 aliphatic heterocycles. The van der Waals surface area contributed by atoms with E-state index >= 15 is 0 Å². The molecule has 7 heteroatoms. The quantitative estimate of drug-likeness (QED) is 0.879. The minimum atomic E-state index is -0.886. The van der Waals surface area contributed by atoms with E-state index in [9.17, 15) is 14.7 Å². The van der Waals surface area contributed by atoms with Crippen molar-refractivity contribution in [1.29, 1.82) is 0 Å².